The number of carbonyl (C=O) groups is 2. The van der Waals surface area contributed by atoms with Crippen LogP contribution in [0.4, 0.5) is 0 Å². The van der Waals surface area contributed by atoms with Crippen LogP contribution in [0.15, 0.2) is 22.7 Å². The third-order valence-corrected chi connectivity index (χ3v) is 4.83. The molecule has 1 aliphatic carbocycles. The van der Waals surface area contributed by atoms with Crippen molar-refractivity contribution in [1.82, 2.24) is 5.32 Å². The molecule has 0 spiro atoms. The van der Waals surface area contributed by atoms with Crippen molar-refractivity contribution >= 4 is 27.7 Å². The molecule has 1 unspecified atom stereocenters. The van der Waals surface area contributed by atoms with Crippen LogP contribution in [-0.4, -0.2) is 18.9 Å². The molecule has 2 fully saturated rings. The Balaban J connectivity index is 2.16. The highest BCUT2D eigenvalue weighted by Crippen LogP contribution is 2.76. The second kappa shape index (κ2) is 4.06. The quantitative estimate of drug-likeness (QED) is 0.812. The zero-order chi connectivity index (χ0) is 15.4. The monoisotopic (exact) mass is 345 g/mol. The lowest BCUT2D eigenvalue weighted by molar-refractivity contribution is -0.128. The molecule has 21 heavy (non-hydrogen) atoms. The molecule has 0 radical (unpaired) electrons. The van der Waals surface area contributed by atoms with Gasteiger partial charge in [-0.05, 0) is 33.6 Å². The fourth-order valence-electron chi connectivity index (χ4n) is 3.16. The number of nitriles is 2. The lowest BCUT2D eigenvalue weighted by Gasteiger charge is -2.10. The van der Waals surface area contributed by atoms with Crippen LogP contribution in [0.1, 0.15) is 11.5 Å². The summed E-state index contributed by atoms with van der Waals surface area (Å²) in [5, 5.41) is 20.9. The van der Waals surface area contributed by atoms with Gasteiger partial charge in [0.05, 0.1) is 23.7 Å². The molecule has 1 aromatic rings. The van der Waals surface area contributed by atoms with E-state index in [4.69, 9.17) is 4.74 Å². The van der Waals surface area contributed by atoms with E-state index in [0.717, 1.165) is 0 Å². The molecule has 7 heteroatoms. The first-order chi connectivity index (χ1) is 9.99. The van der Waals surface area contributed by atoms with Crippen LogP contribution < -0.4 is 10.1 Å². The van der Waals surface area contributed by atoms with Gasteiger partial charge in [0, 0.05) is 5.92 Å². The topological polar surface area (TPSA) is 103 Å². The molecule has 1 saturated carbocycles. The van der Waals surface area contributed by atoms with E-state index in [9.17, 15) is 20.1 Å². The summed E-state index contributed by atoms with van der Waals surface area (Å²) in [5.74, 6) is -1.58. The van der Waals surface area contributed by atoms with Gasteiger partial charge >= 0.3 is 0 Å². The van der Waals surface area contributed by atoms with Gasteiger partial charge in [-0.1, -0.05) is 6.07 Å². The number of rotatable bonds is 2. The van der Waals surface area contributed by atoms with Crippen molar-refractivity contribution in [3.63, 3.8) is 0 Å². The fourth-order valence-corrected chi connectivity index (χ4v) is 3.72. The van der Waals surface area contributed by atoms with Gasteiger partial charge in [-0.3, -0.25) is 14.9 Å². The van der Waals surface area contributed by atoms with Gasteiger partial charge in [-0.15, -0.1) is 0 Å². The van der Waals surface area contributed by atoms with Crippen molar-refractivity contribution in [2.75, 3.05) is 7.11 Å². The number of hydrogen-bond donors (Lipinski definition) is 1. The van der Waals surface area contributed by atoms with Crippen LogP contribution in [0.25, 0.3) is 0 Å². The van der Waals surface area contributed by atoms with E-state index >= 15 is 0 Å². The SMILES string of the molecule is COc1ccc(C2[C@]3(C#N)C(=O)NC(=O)[C@]23C#N)cc1Br. The molecule has 104 valence electrons. The second-order valence-corrected chi connectivity index (χ2v) is 5.80. The Morgan fingerprint density at radius 3 is 2.24 bits per heavy atom. The molecule has 1 heterocycles. The van der Waals surface area contributed by atoms with Crippen LogP contribution in [-0.2, 0) is 9.59 Å². The number of ether oxygens (including phenoxy) is 1. The van der Waals surface area contributed by atoms with E-state index in [2.05, 4.69) is 21.2 Å². The Hall–Kier alpha value is -2.38. The van der Waals surface area contributed by atoms with Crippen LogP contribution in [0.2, 0.25) is 0 Å². The average molecular weight is 346 g/mol. The van der Waals surface area contributed by atoms with Gasteiger partial charge in [0.2, 0.25) is 11.8 Å². The van der Waals surface area contributed by atoms with E-state index in [1.807, 2.05) is 12.1 Å². The first-order valence-corrected chi connectivity index (χ1v) is 6.80. The Bertz CT molecular complexity index is 741. The summed E-state index contributed by atoms with van der Waals surface area (Å²) in [6.45, 7) is 0. The molecule has 0 bridgehead atoms. The molecule has 1 aliphatic heterocycles. The van der Waals surface area contributed by atoms with Crippen molar-refractivity contribution < 1.29 is 14.3 Å². The van der Waals surface area contributed by atoms with E-state index in [0.29, 0.717) is 15.8 Å². The number of nitrogens with one attached hydrogen (secondary N) is 1. The zero-order valence-corrected chi connectivity index (χ0v) is 12.4. The minimum absolute atomic E-state index is 0.578. The molecule has 1 N–H and O–H groups in total. The maximum Gasteiger partial charge on any atom is 0.250 e. The van der Waals surface area contributed by atoms with Gasteiger partial charge in [0.25, 0.3) is 0 Å². The summed E-state index contributed by atoms with van der Waals surface area (Å²) in [4.78, 5) is 24.0. The lowest BCUT2D eigenvalue weighted by Crippen LogP contribution is -2.31. The zero-order valence-electron chi connectivity index (χ0n) is 10.8. The second-order valence-electron chi connectivity index (χ2n) is 4.95. The Morgan fingerprint density at radius 2 is 1.81 bits per heavy atom. The molecule has 1 aromatic carbocycles. The predicted molar refractivity (Wildman–Crippen MR) is 72.7 cm³/mol. The number of nitrogens with zero attached hydrogens (tertiary/aromatic N) is 2. The van der Waals surface area contributed by atoms with Crippen molar-refractivity contribution in [3.05, 3.63) is 28.2 Å². The van der Waals surface area contributed by atoms with Gasteiger partial charge in [-0.25, -0.2) is 0 Å². The van der Waals surface area contributed by atoms with Crippen molar-refractivity contribution in [2.24, 2.45) is 10.8 Å². The van der Waals surface area contributed by atoms with Crippen molar-refractivity contribution in [1.29, 1.82) is 10.5 Å². The van der Waals surface area contributed by atoms with Crippen LogP contribution >= 0.6 is 15.9 Å². The normalized spacial score (nSPS) is 32.7. The summed E-state index contributed by atoms with van der Waals surface area (Å²) in [6.07, 6.45) is 0. The number of halogens is 1. The third kappa shape index (κ3) is 1.29. The number of fused-ring (bicyclic) bond motifs is 1. The minimum Gasteiger partial charge on any atom is -0.496 e. The third-order valence-electron chi connectivity index (χ3n) is 4.21. The molecule has 2 aliphatic rings. The summed E-state index contributed by atoms with van der Waals surface area (Å²) in [7, 11) is 1.51. The Morgan fingerprint density at radius 1 is 1.24 bits per heavy atom. The van der Waals surface area contributed by atoms with E-state index in [-0.39, 0.29) is 0 Å². The molecule has 3 rings (SSSR count). The van der Waals surface area contributed by atoms with Crippen LogP contribution in [0.5, 0.6) is 5.75 Å². The highest BCUT2D eigenvalue weighted by atomic mass is 79.9. The summed E-state index contributed by atoms with van der Waals surface area (Å²) < 4.78 is 5.74. The number of carbonyl (C=O) groups excluding carboxylic acids is 2. The van der Waals surface area contributed by atoms with E-state index in [1.165, 1.54) is 7.11 Å². The summed E-state index contributed by atoms with van der Waals surface area (Å²) in [5.41, 5.74) is -2.69. The van der Waals surface area contributed by atoms with Gasteiger partial charge in [-0.2, -0.15) is 10.5 Å². The number of hydrogen-bond acceptors (Lipinski definition) is 5. The van der Waals surface area contributed by atoms with Crippen molar-refractivity contribution in [3.8, 4) is 17.9 Å². The van der Waals surface area contributed by atoms with Gasteiger partial charge in [0.15, 0.2) is 10.8 Å². The van der Waals surface area contributed by atoms with E-state index in [1.54, 1.807) is 18.2 Å². The average Bonchev–Trinajstić information content (AvgIpc) is 3.04. The first-order valence-electron chi connectivity index (χ1n) is 6.01. The smallest absolute Gasteiger partial charge is 0.250 e. The number of amides is 2. The molecule has 1 saturated heterocycles. The largest absolute Gasteiger partial charge is 0.496 e. The Kier molecular flexibility index (Phi) is 2.63. The number of benzene rings is 1. The number of piperidine rings is 1. The fraction of sp³-hybridized carbons (Fsp3) is 0.286. The maximum atomic E-state index is 12.0. The number of imide groups is 1. The predicted octanol–water partition coefficient (Wildman–Crippen LogP) is 1.23. The van der Waals surface area contributed by atoms with Crippen molar-refractivity contribution in [2.45, 2.75) is 5.92 Å². The highest BCUT2D eigenvalue weighted by Gasteiger charge is 2.90. The molecular formula is C14H8BrN3O3. The standard InChI is InChI=1S/C14H8BrN3O3/c1-21-9-3-2-7(4-8(9)15)10-13(5-16)11(19)18-12(20)14(10,13)6-17/h2-4,10H,1H3,(H,18,19,20)/t10?,13-,14+. The lowest BCUT2D eigenvalue weighted by atomic mass is 9.98. The maximum absolute atomic E-state index is 12.0. The van der Waals surface area contributed by atoms with E-state index < -0.39 is 28.6 Å². The molecule has 6 nitrogen and oxygen atoms in total. The molecule has 3 atom stereocenters. The van der Waals surface area contributed by atoms with Gasteiger partial charge in [0.1, 0.15) is 5.75 Å². The molecule has 0 aromatic heterocycles. The number of methoxy groups -OCH3 is 1. The molecular weight excluding hydrogens is 338 g/mol. The highest BCUT2D eigenvalue weighted by molar-refractivity contribution is 9.10. The van der Waals surface area contributed by atoms with Gasteiger partial charge < -0.3 is 4.74 Å². The van der Waals surface area contributed by atoms with Crippen LogP contribution in [0.3, 0.4) is 0 Å². The van der Waals surface area contributed by atoms with Crippen LogP contribution in [0, 0.1) is 33.5 Å². The first kappa shape index (κ1) is 13.6. The summed E-state index contributed by atoms with van der Waals surface area (Å²) in [6, 6.07) is 8.75. The summed E-state index contributed by atoms with van der Waals surface area (Å²) >= 11 is 3.32. The molecule has 2 amide bonds. The Labute approximate surface area is 128 Å². The minimum atomic E-state index is -1.63.